The Hall–Kier alpha value is -1.59. The number of amides is 1. The van der Waals surface area contributed by atoms with Crippen molar-refractivity contribution in [3.8, 4) is 5.75 Å². The van der Waals surface area contributed by atoms with Gasteiger partial charge in [-0.05, 0) is 30.3 Å². The van der Waals surface area contributed by atoms with Crippen molar-refractivity contribution < 1.29 is 13.9 Å². The van der Waals surface area contributed by atoms with E-state index < -0.39 is 5.83 Å². The van der Waals surface area contributed by atoms with Crippen molar-refractivity contribution >= 4 is 18.3 Å². The number of nitrogens with two attached hydrogens (primary N) is 1. The number of halogens is 2. The number of hydrogen-bond donors (Lipinski definition) is 1. The van der Waals surface area contributed by atoms with Gasteiger partial charge in [0.05, 0.1) is 0 Å². The highest BCUT2D eigenvalue weighted by Crippen LogP contribution is 2.14. The average molecular weight is 289 g/mol. The monoisotopic (exact) mass is 288 g/mol. The molecule has 0 aliphatic heterocycles. The molecule has 19 heavy (non-hydrogen) atoms. The summed E-state index contributed by atoms with van der Waals surface area (Å²) in [4.78, 5) is 13.1. The Morgan fingerprint density at radius 3 is 2.42 bits per heavy atom. The highest BCUT2D eigenvalue weighted by molar-refractivity contribution is 5.93. The minimum absolute atomic E-state index is 0. The van der Waals surface area contributed by atoms with Gasteiger partial charge in [0.25, 0.3) is 5.91 Å². The van der Waals surface area contributed by atoms with Crippen LogP contribution in [0.2, 0.25) is 0 Å². The number of carbonyl (C=O) groups is 1. The predicted molar refractivity (Wildman–Crippen MR) is 75.4 cm³/mol. The van der Waals surface area contributed by atoms with Crippen LogP contribution >= 0.6 is 12.4 Å². The quantitative estimate of drug-likeness (QED) is 0.902. The first kappa shape index (κ1) is 17.4. The second-order valence-electron chi connectivity index (χ2n) is 3.90. The number of benzene rings is 1. The van der Waals surface area contributed by atoms with E-state index in [1.54, 1.807) is 38.4 Å². The third kappa shape index (κ3) is 5.72. The lowest BCUT2D eigenvalue weighted by Gasteiger charge is -2.10. The third-order valence-corrected chi connectivity index (χ3v) is 2.22. The van der Waals surface area contributed by atoms with E-state index in [9.17, 15) is 9.18 Å². The summed E-state index contributed by atoms with van der Waals surface area (Å²) in [5.41, 5.74) is 5.73. The van der Waals surface area contributed by atoms with Crippen LogP contribution in [0.1, 0.15) is 10.4 Å². The first-order valence-corrected chi connectivity index (χ1v) is 5.53. The smallest absolute Gasteiger partial charge is 0.253 e. The molecule has 0 atom stereocenters. The van der Waals surface area contributed by atoms with E-state index in [4.69, 9.17) is 10.5 Å². The molecule has 0 heterocycles. The van der Waals surface area contributed by atoms with Gasteiger partial charge >= 0.3 is 0 Å². The summed E-state index contributed by atoms with van der Waals surface area (Å²) in [6, 6.07) is 6.54. The van der Waals surface area contributed by atoms with Crippen molar-refractivity contribution in [3.05, 3.63) is 41.7 Å². The van der Waals surface area contributed by atoms with Crippen molar-refractivity contribution in [1.29, 1.82) is 0 Å². The summed E-state index contributed by atoms with van der Waals surface area (Å²) >= 11 is 0. The molecular formula is C13H18ClFN2O2. The standard InChI is InChI=1S/C13H17FN2O2.ClH/c1-16(2)13(17)10-3-5-12(6-4-10)18-9-11(14)7-8-15;/h3-7H,8-9,15H2,1-2H3;1H/b11-7+;. The fourth-order valence-electron chi connectivity index (χ4n) is 1.29. The maximum absolute atomic E-state index is 13.0. The Labute approximate surface area is 118 Å². The van der Waals surface area contributed by atoms with Gasteiger partial charge in [-0.1, -0.05) is 0 Å². The Morgan fingerprint density at radius 2 is 1.95 bits per heavy atom. The minimum atomic E-state index is -0.411. The highest BCUT2D eigenvalue weighted by Gasteiger charge is 2.07. The second-order valence-corrected chi connectivity index (χ2v) is 3.90. The van der Waals surface area contributed by atoms with Gasteiger partial charge in [-0.15, -0.1) is 12.4 Å². The molecule has 106 valence electrons. The molecule has 0 spiro atoms. The molecule has 1 aromatic carbocycles. The van der Waals surface area contributed by atoms with Crippen LogP contribution in [0.4, 0.5) is 4.39 Å². The van der Waals surface area contributed by atoms with Crippen molar-refractivity contribution in [2.75, 3.05) is 27.2 Å². The second kappa shape index (κ2) is 8.50. The lowest BCUT2D eigenvalue weighted by molar-refractivity contribution is 0.0827. The molecule has 0 fully saturated rings. The zero-order chi connectivity index (χ0) is 13.5. The van der Waals surface area contributed by atoms with Crippen molar-refractivity contribution in [2.45, 2.75) is 0 Å². The largest absolute Gasteiger partial charge is 0.487 e. The molecule has 0 unspecified atom stereocenters. The van der Waals surface area contributed by atoms with E-state index in [2.05, 4.69) is 0 Å². The van der Waals surface area contributed by atoms with E-state index in [0.717, 1.165) is 0 Å². The lowest BCUT2D eigenvalue weighted by Crippen LogP contribution is -2.21. The Balaban J connectivity index is 0.00000324. The van der Waals surface area contributed by atoms with Gasteiger partial charge in [0.1, 0.15) is 18.2 Å². The topological polar surface area (TPSA) is 55.6 Å². The molecule has 0 aliphatic rings. The van der Waals surface area contributed by atoms with Crippen LogP contribution in [0.25, 0.3) is 0 Å². The summed E-state index contributed by atoms with van der Waals surface area (Å²) in [6.45, 7) is -0.0103. The maximum Gasteiger partial charge on any atom is 0.253 e. The molecule has 0 aliphatic carbocycles. The summed E-state index contributed by atoms with van der Waals surface area (Å²) in [6.07, 6.45) is 1.25. The number of carbonyl (C=O) groups excluding carboxylic acids is 1. The first-order valence-electron chi connectivity index (χ1n) is 5.53. The van der Waals surface area contributed by atoms with Gasteiger partial charge in [0.15, 0.2) is 0 Å². The number of ether oxygens (including phenoxy) is 1. The van der Waals surface area contributed by atoms with Gasteiger partial charge in [-0.3, -0.25) is 4.79 Å². The molecule has 1 aromatic rings. The van der Waals surface area contributed by atoms with Gasteiger partial charge < -0.3 is 15.4 Å². The summed E-state index contributed by atoms with van der Waals surface area (Å²) in [5.74, 6) is 0.00702. The van der Waals surface area contributed by atoms with E-state index in [1.807, 2.05) is 0 Å². The molecule has 0 saturated carbocycles. The number of hydrogen-bond acceptors (Lipinski definition) is 3. The molecule has 1 amide bonds. The van der Waals surface area contributed by atoms with Gasteiger partial charge in [0, 0.05) is 26.2 Å². The van der Waals surface area contributed by atoms with Crippen LogP contribution in [0.15, 0.2) is 36.2 Å². The van der Waals surface area contributed by atoms with Crippen LogP contribution in [0.3, 0.4) is 0 Å². The minimum Gasteiger partial charge on any atom is -0.487 e. The van der Waals surface area contributed by atoms with Gasteiger partial charge in [-0.25, -0.2) is 4.39 Å². The average Bonchev–Trinajstić information content (AvgIpc) is 2.36. The molecule has 4 nitrogen and oxygen atoms in total. The Morgan fingerprint density at radius 1 is 1.37 bits per heavy atom. The molecular weight excluding hydrogens is 271 g/mol. The van der Waals surface area contributed by atoms with Crippen LogP contribution in [0, 0.1) is 0 Å². The van der Waals surface area contributed by atoms with Crippen LogP contribution in [-0.4, -0.2) is 38.1 Å². The summed E-state index contributed by atoms with van der Waals surface area (Å²) in [5, 5.41) is 0. The molecule has 0 saturated heterocycles. The molecule has 2 N–H and O–H groups in total. The molecule has 0 bridgehead atoms. The molecule has 6 heteroatoms. The van der Waals surface area contributed by atoms with Crippen molar-refractivity contribution in [3.63, 3.8) is 0 Å². The molecule has 1 rings (SSSR count). The fraction of sp³-hybridized carbons (Fsp3) is 0.308. The lowest BCUT2D eigenvalue weighted by atomic mass is 10.2. The predicted octanol–water partition coefficient (Wildman–Crippen LogP) is 2.00. The summed E-state index contributed by atoms with van der Waals surface area (Å²) in [7, 11) is 3.36. The van der Waals surface area contributed by atoms with E-state index in [0.29, 0.717) is 11.3 Å². The van der Waals surface area contributed by atoms with Crippen molar-refractivity contribution in [2.24, 2.45) is 5.73 Å². The highest BCUT2D eigenvalue weighted by atomic mass is 35.5. The Kier molecular flexibility index (Phi) is 7.79. The summed E-state index contributed by atoms with van der Waals surface area (Å²) < 4.78 is 18.2. The zero-order valence-corrected chi connectivity index (χ0v) is 11.7. The first-order chi connectivity index (χ1) is 8.54. The van der Waals surface area contributed by atoms with E-state index in [1.165, 1.54) is 11.0 Å². The van der Waals surface area contributed by atoms with Crippen LogP contribution < -0.4 is 10.5 Å². The third-order valence-electron chi connectivity index (χ3n) is 2.22. The van der Waals surface area contributed by atoms with Crippen LogP contribution in [0.5, 0.6) is 5.75 Å². The number of nitrogens with zero attached hydrogens (tertiary/aromatic N) is 1. The Bertz CT molecular complexity index is 433. The van der Waals surface area contributed by atoms with Gasteiger partial charge in [-0.2, -0.15) is 0 Å². The normalized spacial score (nSPS) is 10.6. The fourth-order valence-corrected chi connectivity index (χ4v) is 1.29. The maximum atomic E-state index is 13.0. The van der Waals surface area contributed by atoms with E-state index >= 15 is 0 Å². The number of rotatable bonds is 5. The van der Waals surface area contributed by atoms with Crippen LogP contribution in [-0.2, 0) is 0 Å². The molecule has 0 aromatic heterocycles. The van der Waals surface area contributed by atoms with E-state index in [-0.39, 0.29) is 31.5 Å². The van der Waals surface area contributed by atoms with Crippen molar-refractivity contribution in [1.82, 2.24) is 4.90 Å². The SMILES string of the molecule is CN(C)C(=O)c1ccc(OC/C(F)=C\CN)cc1.Cl. The van der Waals surface area contributed by atoms with Gasteiger partial charge in [0.2, 0.25) is 0 Å². The molecule has 0 radical (unpaired) electrons. The zero-order valence-electron chi connectivity index (χ0n) is 10.9.